The van der Waals surface area contributed by atoms with Crippen molar-refractivity contribution in [2.24, 2.45) is 5.73 Å². The molecule has 0 aliphatic rings. The van der Waals surface area contributed by atoms with Gasteiger partial charge in [-0.2, -0.15) is 0 Å². The lowest BCUT2D eigenvalue weighted by Crippen LogP contribution is -2.15. The van der Waals surface area contributed by atoms with Gasteiger partial charge in [-0.05, 0) is 25.0 Å². The van der Waals surface area contributed by atoms with Gasteiger partial charge in [-0.25, -0.2) is 4.98 Å². The Morgan fingerprint density at radius 2 is 2.16 bits per heavy atom. The minimum absolute atomic E-state index is 0.405. The van der Waals surface area contributed by atoms with Gasteiger partial charge >= 0.3 is 0 Å². The van der Waals surface area contributed by atoms with Crippen LogP contribution in [-0.4, -0.2) is 12.0 Å². The molecule has 0 radical (unpaired) electrons. The Morgan fingerprint density at radius 1 is 1.42 bits per heavy atom. The van der Waals surface area contributed by atoms with E-state index in [1.165, 1.54) is 4.88 Å². The number of aryl methyl sites for hydroxylation is 1. The summed E-state index contributed by atoms with van der Waals surface area (Å²) in [5, 5.41) is 0.998. The van der Waals surface area contributed by atoms with Crippen LogP contribution in [0.15, 0.2) is 16.5 Å². The molecular formula is C14H21N3OS. The molecule has 0 amide bonds. The van der Waals surface area contributed by atoms with Crippen LogP contribution in [0, 0.1) is 6.92 Å². The maximum atomic E-state index is 5.79. The van der Waals surface area contributed by atoms with Gasteiger partial charge in [0, 0.05) is 18.5 Å². The zero-order chi connectivity index (χ0) is 14.0. The van der Waals surface area contributed by atoms with E-state index in [-0.39, 0.29) is 0 Å². The summed E-state index contributed by atoms with van der Waals surface area (Å²) in [6, 6.07) is 3.99. The number of nitrogens with zero attached hydrogens (tertiary/aromatic N) is 2. The Kier molecular flexibility index (Phi) is 4.27. The Morgan fingerprint density at radius 3 is 2.63 bits per heavy atom. The number of thiazole rings is 1. The number of rotatable bonds is 5. The third-order valence-corrected chi connectivity index (χ3v) is 4.17. The summed E-state index contributed by atoms with van der Waals surface area (Å²) in [4.78, 5) is 7.98. The molecule has 2 N–H and O–H groups in total. The van der Waals surface area contributed by atoms with E-state index in [0.29, 0.717) is 12.5 Å². The van der Waals surface area contributed by atoms with Crippen LogP contribution in [0.2, 0.25) is 0 Å². The van der Waals surface area contributed by atoms with Crippen molar-refractivity contribution >= 4 is 16.5 Å². The van der Waals surface area contributed by atoms with Crippen LogP contribution in [0.5, 0.6) is 0 Å². The molecule has 0 bridgehead atoms. The van der Waals surface area contributed by atoms with E-state index in [2.05, 4.69) is 18.7 Å². The van der Waals surface area contributed by atoms with E-state index in [0.717, 1.165) is 28.9 Å². The van der Waals surface area contributed by atoms with Gasteiger partial charge in [0.25, 0.3) is 0 Å². The Labute approximate surface area is 118 Å². The molecule has 0 atom stereocenters. The molecule has 2 rings (SSSR count). The lowest BCUT2D eigenvalue weighted by atomic mass is 10.1. The van der Waals surface area contributed by atoms with Gasteiger partial charge in [0.2, 0.25) is 0 Å². The first-order valence-corrected chi connectivity index (χ1v) is 7.29. The van der Waals surface area contributed by atoms with Crippen molar-refractivity contribution in [1.29, 1.82) is 0 Å². The van der Waals surface area contributed by atoms with Crippen molar-refractivity contribution in [3.8, 4) is 0 Å². The van der Waals surface area contributed by atoms with Gasteiger partial charge in [0.05, 0.1) is 12.2 Å². The summed E-state index contributed by atoms with van der Waals surface area (Å²) >= 11 is 1.67. The predicted molar refractivity (Wildman–Crippen MR) is 79.6 cm³/mol. The lowest BCUT2D eigenvalue weighted by Gasteiger charge is -2.13. The highest BCUT2D eigenvalue weighted by molar-refractivity contribution is 7.15. The third kappa shape index (κ3) is 3.16. The highest BCUT2D eigenvalue weighted by atomic mass is 32.1. The third-order valence-electron chi connectivity index (χ3n) is 2.96. The van der Waals surface area contributed by atoms with Crippen LogP contribution >= 0.6 is 11.3 Å². The first-order chi connectivity index (χ1) is 9.01. The molecule has 0 aliphatic carbocycles. The summed E-state index contributed by atoms with van der Waals surface area (Å²) in [5.41, 5.74) is 6.91. The van der Waals surface area contributed by atoms with Gasteiger partial charge in [0.1, 0.15) is 11.5 Å². The molecule has 0 fully saturated rings. The first kappa shape index (κ1) is 14.1. The molecular weight excluding hydrogens is 258 g/mol. The van der Waals surface area contributed by atoms with E-state index in [1.807, 2.05) is 26.1 Å². The highest BCUT2D eigenvalue weighted by Gasteiger charge is 2.16. The van der Waals surface area contributed by atoms with Gasteiger partial charge in [-0.3, -0.25) is 0 Å². The zero-order valence-corrected chi connectivity index (χ0v) is 12.8. The van der Waals surface area contributed by atoms with Gasteiger partial charge in [-0.15, -0.1) is 11.3 Å². The normalized spacial score (nSPS) is 11.3. The van der Waals surface area contributed by atoms with Crippen LogP contribution in [0.25, 0.3) is 0 Å². The summed E-state index contributed by atoms with van der Waals surface area (Å²) in [7, 11) is 2.03. The Bertz CT molecular complexity index is 545. The van der Waals surface area contributed by atoms with Gasteiger partial charge < -0.3 is 15.1 Å². The van der Waals surface area contributed by atoms with Crippen LogP contribution in [0.3, 0.4) is 0 Å². The largest absolute Gasteiger partial charge is 0.464 e. The van der Waals surface area contributed by atoms with Crippen LogP contribution < -0.4 is 10.6 Å². The molecule has 0 spiro atoms. The molecule has 2 aromatic rings. The molecule has 4 nitrogen and oxygen atoms in total. The lowest BCUT2D eigenvalue weighted by molar-refractivity contribution is 0.481. The van der Waals surface area contributed by atoms with Crippen molar-refractivity contribution in [3.05, 3.63) is 34.2 Å². The number of nitrogens with two attached hydrogens (primary N) is 1. The van der Waals surface area contributed by atoms with E-state index in [9.17, 15) is 0 Å². The predicted octanol–water partition coefficient (Wildman–Crippen LogP) is 3.26. The SMILES string of the molecule is Cc1ccc(CN(C)c2nc(C(C)C)c(CN)s2)o1. The fraction of sp³-hybridized carbons (Fsp3) is 0.500. The van der Waals surface area contributed by atoms with Crippen molar-refractivity contribution in [2.75, 3.05) is 11.9 Å². The molecule has 5 heteroatoms. The molecule has 0 saturated heterocycles. The topological polar surface area (TPSA) is 55.3 Å². The standard InChI is InChI=1S/C14H21N3OS/c1-9(2)13-12(7-15)19-14(16-13)17(4)8-11-6-5-10(3)18-11/h5-6,9H,7-8,15H2,1-4H3. The molecule has 19 heavy (non-hydrogen) atoms. The Hall–Kier alpha value is -1.33. The van der Waals surface area contributed by atoms with Crippen LogP contribution in [-0.2, 0) is 13.1 Å². The zero-order valence-electron chi connectivity index (χ0n) is 11.9. The average molecular weight is 279 g/mol. The molecule has 0 aliphatic heterocycles. The monoisotopic (exact) mass is 279 g/mol. The van der Waals surface area contributed by atoms with Crippen molar-refractivity contribution in [1.82, 2.24) is 4.98 Å². The smallest absolute Gasteiger partial charge is 0.185 e. The fourth-order valence-electron chi connectivity index (χ4n) is 1.98. The quantitative estimate of drug-likeness (QED) is 0.912. The van der Waals surface area contributed by atoms with Crippen LogP contribution in [0.4, 0.5) is 5.13 Å². The average Bonchev–Trinajstić information content (AvgIpc) is 2.95. The number of hydrogen-bond donors (Lipinski definition) is 1. The summed E-state index contributed by atoms with van der Waals surface area (Å²) in [6.45, 7) is 7.53. The molecule has 0 unspecified atom stereocenters. The van der Waals surface area contributed by atoms with E-state index >= 15 is 0 Å². The summed E-state index contributed by atoms with van der Waals surface area (Å²) in [5.74, 6) is 2.30. The Balaban J connectivity index is 2.17. The molecule has 104 valence electrons. The summed E-state index contributed by atoms with van der Waals surface area (Å²) in [6.07, 6.45) is 0. The maximum absolute atomic E-state index is 5.79. The molecule has 2 aromatic heterocycles. The number of furan rings is 1. The second-order valence-electron chi connectivity index (χ2n) is 5.03. The first-order valence-electron chi connectivity index (χ1n) is 6.47. The van der Waals surface area contributed by atoms with E-state index in [1.54, 1.807) is 11.3 Å². The highest BCUT2D eigenvalue weighted by Crippen LogP contribution is 2.30. The molecule has 2 heterocycles. The van der Waals surface area contributed by atoms with E-state index in [4.69, 9.17) is 15.1 Å². The molecule has 0 aromatic carbocycles. The van der Waals surface area contributed by atoms with Gasteiger partial charge in [0.15, 0.2) is 5.13 Å². The van der Waals surface area contributed by atoms with Crippen molar-refractivity contribution in [3.63, 3.8) is 0 Å². The van der Waals surface area contributed by atoms with E-state index < -0.39 is 0 Å². The number of aromatic nitrogens is 1. The van der Waals surface area contributed by atoms with Crippen molar-refractivity contribution in [2.45, 2.75) is 39.8 Å². The minimum atomic E-state index is 0.405. The number of anilines is 1. The van der Waals surface area contributed by atoms with Gasteiger partial charge in [-0.1, -0.05) is 13.8 Å². The second kappa shape index (κ2) is 5.75. The second-order valence-corrected chi connectivity index (χ2v) is 6.09. The number of hydrogen-bond acceptors (Lipinski definition) is 5. The van der Waals surface area contributed by atoms with Crippen molar-refractivity contribution < 1.29 is 4.42 Å². The molecule has 0 saturated carbocycles. The maximum Gasteiger partial charge on any atom is 0.185 e. The van der Waals surface area contributed by atoms with Crippen LogP contribution in [0.1, 0.15) is 41.9 Å². The minimum Gasteiger partial charge on any atom is -0.464 e. The fourth-order valence-corrected chi connectivity index (χ4v) is 3.04. The summed E-state index contributed by atoms with van der Waals surface area (Å²) < 4.78 is 5.60.